The smallest absolute Gasteiger partial charge is 0.433 e. The summed E-state index contributed by atoms with van der Waals surface area (Å²) in [5, 5.41) is 0.307. The standard InChI is InChI=1S/C21H18ClF3O4/c1-3-28-19(26)17-11-14-10-15(22)6-9-18(14)29-20(17,21(23,24)25)12-13-4-7-16(27-2)8-5-13/h4-11H,3,12H2,1-2H3. The molecule has 1 unspecified atom stereocenters. The molecule has 1 aliphatic heterocycles. The highest BCUT2D eigenvalue weighted by Crippen LogP contribution is 2.48. The number of carbonyl (C=O) groups excluding carboxylic acids is 1. The second-order valence-corrected chi connectivity index (χ2v) is 6.85. The molecule has 0 aliphatic carbocycles. The fourth-order valence-corrected chi connectivity index (χ4v) is 3.33. The van der Waals surface area contributed by atoms with Gasteiger partial charge in [0.15, 0.2) is 0 Å². The molecule has 0 radical (unpaired) electrons. The molecule has 1 atom stereocenters. The van der Waals surface area contributed by atoms with Crippen LogP contribution in [-0.2, 0) is 16.0 Å². The molecule has 2 aromatic carbocycles. The molecule has 8 heteroatoms. The Morgan fingerprint density at radius 3 is 2.45 bits per heavy atom. The number of ether oxygens (including phenoxy) is 3. The first-order valence-corrected chi connectivity index (χ1v) is 9.15. The van der Waals surface area contributed by atoms with Gasteiger partial charge in [-0.25, -0.2) is 4.79 Å². The second kappa shape index (κ2) is 7.99. The summed E-state index contributed by atoms with van der Waals surface area (Å²) in [7, 11) is 1.46. The molecule has 0 fully saturated rings. The summed E-state index contributed by atoms with van der Waals surface area (Å²) >= 11 is 5.95. The van der Waals surface area contributed by atoms with Gasteiger partial charge in [0.2, 0.25) is 5.60 Å². The summed E-state index contributed by atoms with van der Waals surface area (Å²) in [5.74, 6) is -0.613. The molecule has 0 spiro atoms. The number of methoxy groups -OCH3 is 1. The van der Waals surface area contributed by atoms with E-state index in [2.05, 4.69) is 0 Å². The monoisotopic (exact) mass is 426 g/mol. The van der Waals surface area contributed by atoms with Crippen LogP contribution in [0.5, 0.6) is 11.5 Å². The largest absolute Gasteiger partial charge is 0.497 e. The van der Waals surface area contributed by atoms with Crippen molar-refractivity contribution in [3.63, 3.8) is 0 Å². The lowest BCUT2D eigenvalue weighted by Crippen LogP contribution is -2.56. The molecular weight excluding hydrogens is 409 g/mol. The van der Waals surface area contributed by atoms with Crippen molar-refractivity contribution in [3.05, 3.63) is 64.2 Å². The van der Waals surface area contributed by atoms with E-state index in [4.69, 9.17) is 25.8 Å². The van der Waals surface area contributed by atoms with E-state index < -0.39 is 29.7 Å². The van der Waals surface area contributed by atoms with Crippen LogP contribution in [0.1, 0.15) is 18.1 Å². The zero-order chi connectivity index (χ0) is 21.2. The van der Waals surface area contributed by atoms with Gasteiger partial charge in [-0.1, -0.05) is 23.7 Å². The van der Waals surface area contributed by atoms with Crippen molar-refractivity contribution in [2.24, 2.45) is 0 Å². The lowest BCUT2D eigenvalue weighted by Gasteiger charge is -2.40. The van der Waals surface area contributed by atoms with Crippen LogP contribution < -0.4 is 9.47 Å². The van der Waals surface area contributed by atoms with Crippen LogP contribution in [-0.4, -0.2) is 31.5 Å². The van der Waals surface area contributed by atoms with E-state index >= 15 is 0 Å². The second-order valence-electron chi connectivity index (χ2n) is 6.41. The SMILES string of the molecule is CCOC(=O)C1=Cc2cc(Cl)ccc2OC1(Cc1ccc(OC)cc1)C(F)(F)F. The van der Waals surface area contributed by atoms with E-state index in [-0.39, 0.29) is 17.9 Å². The van der Waals surface area contributed by atoms with Gasteiger partial charge in [-0.15, -0.1) is 0 Å². The predicted octanol–water partition coefficient (Wildman–Crippen LogP) is 5.23. The molecule has 2 aromatic rings. The summed E-state index contributed by atoms with van der Waals surface area (Å²) in [6, 6.07) is 10.3. The topological polar surface area (TPSA) is 44.8 Å². The third kappa shape index (κ3) is 4.05. The molecule has 0 N–H and O–H groups in total. The highest BCUT2D eigenvalue weighted by Gasteiger charge is 2.63. The molecule has 0 saturated carbocycles. The van der Waals surface area contributed by atoms with Gasteiger partial charge in [-0.2, -0.15) is 13.2 Å². The molecule has 154 valence electrons. The highest BCUT2D eigenvalue weighted by atomic mass is 35.5. The molecule has 0 aromatic heterocycles. The maximum atomic E-state index is 14.4. The molecule has 29 heavy (non-hydrogen) atoms. The van der Waals surface area contributed by atoms with E-state index in [1.807, 2.05) is 0 Å². The summed E-state index contributed by atoms with van der Waals surface area (Å²) in [6.45, 7) is 1.45. The van der Waals surface area contributed by atoms with Gasteiger partial charge < -0.3 is 14.2 Å². The average Bonchev–Trinajstić information content (AvgIpc) is 2.67. The van der Waals surface area contributed by atoms with Crippen molar-refractivity contribution in [2.75, 3.05) is 13.7 Å². The number of halogens is 4. The molecular formula is C21H18ClF3O4. The normalized spacial score (nSPS) is 18.3. The Balaban J connectivity index is 2.16. The lowest BCUT2D eigenvalue weighted by atomic mass is 9.82. The molecule has 0 saturated heterocycles. The Labute approximate surface area is 170 Å². The van der Waals surface area contributed by atoms with Crippen molar-refractivity contribution >= 4 is 23.6 Å². The minimum atomic E-state index is -4.90. The van der Waals surface area contributed by atoms with Crippen molar-refractivity contribution in [3.8, 4) is 11.5 Å². The van der Waals surface area contributed by atoms with Crippen LogP contribution in [0.3, 0.4) is 0 Å². The molecule has 0 bridgehead atoms. The van der Waals surface area contributed by atoms with Gasteiger partial charge in [-0.3, -0.25) is 0 Å². The Morgan fingerprint density at radius 2 is 1.86 bits per heavy atom. The highest BCUT2D eigenvalue weighted by molar-refractivity contribution is 6.30. The minimum Gasteiger partial charge on any atom is -0.497 e. The number of benzene rings is 2. The zero-order valence-electron chi connectivity index (χ0n) is 15.7. The maximum absolute atomic E-state index is 14.4. The minimum absolute atomic E-state index is 0.0201. The fourth-order valence-electron chi connectivity index (χ4n) is 3.15. The number of esters is 1. The molecule has 3 rings (SSSR count). The van der Waals surface area contributed by atoms with Gasteiger partial charge in [0.05, 0.1) is 19.3 Å². The average molecular weight is 427 g/mol. The first-order chi connectivity index (χ1) is 13.7. The number of fused-ring (bicyclic) bond motifs is 1. The Morgan fingerprint density at radius 1 is 1.17 bits per heavy atom. The van der Waals surface area contributed by atoms with E-state index in [1.165, 1.54) is 44.4 Å². The summed E-state index contributed by atoms with van der Waals surface area (Å²) in [5.41, 5.74) is -2.95. The van der Waals surface area contributed by atoms with Crippen LogP contribution >= 0.6 is 11.6 Å². The van der Waals surface area contributed by atoms with Crippen molar-refractivity contribution in [1.29, 1.82) is 0 Å². The number of carbonyl (C=O) groups is 1. The number of alkyl halides is 3. The van der Waals surface area contributed by atoms with Crippen LogP contribution in [0.2, 0.25) is 5.02 Å². The summed E-state index contributed by atoms with van der Waals surface area (Å²) in [4.78, 5) is 12.5. The Hall–Kier alpha value is -2.67. The molecule has 0 amide bonds. The van der Waals surface area contributed by atoms with E-state index in [0.717, 1.165) is 6.08 Å². The van der Waals surface area contributed by atoms with Crippen molar-refractivity contribution in [2.45, 2.75) is 25.1 Å². The molecule has 1 aliphatic rings. The Kier molecular flexibility index (Phi) is 5.80. The van der Waals surface area contributed by atoms with Crippen LogP contribution in [0.25, 0.3) is 6.08 Å². The first kappa shape index (κ1) is 21.0. The predicted molar refractivity (Wildman–Crippen MR) is 102 cm³/mol. The van der Waals surface area contributed by atoms with E-state index in [0.29, 0.717) is 16.3 Å². The van der Waals surface area contributed by atoms with Crippen molar-refractivity contribution < 1.29 is 32.2 Å². The van der Waals surface area contributed by atoms with Crippen molar-refractivity contribution in [1.82, 2.24) is 0 Å². The summed E-state index contributed by atoms with van der Waals surface area (Å²) in [6.07, 6.45) is -4.38. The quantitative estimate of drug-likeness (QED) is 0.614. The zero-order valence-corrected chi connectivity index (χ0v) is 16.4. The Bertz CT molecular complexity index is 938. The summed E-state index contributed by atoms with van der Waals surface area (Å²) < 4.78 is 58.7. The lowest BCUT2D eigenvalue weighted by molar-refractivity contribution is -0.235. The third-order valence-corrected chi connectivity index (χ3v) is 4.79. The first-order valence-electron chi connectivity index (χ1n) is 8.77. The van der Waals surface area contributed by atoms with E-state index in [1.54, 1.807) is 12.1 Å². The molecule has 4 nitrogen and oxygen atoms in total. The van der Waals surface area contributed by atoms with Gasteiger partial charge in [-0.05, 0) is 48.9 Å². The number of hydrogen-bond acceptors (Lipinski definition) is 4. The third-order valence-electron chi connectivity index (χ3n) is 4.56. The van der Waals surface area contributed by atoms with Crippen LogP contribution in [0.4, 0.5) is 13.2 Å². The number of hydrogen-bond donors (Lipinski definition) is 0. The van der Waals surface area contributed by atoms with E-state index in [9.17, 15) is 18.0 Å². The molecule has 1 heterocycles. The van der Waals surface area contributed by atoms with Gasteiger partial charge in [0, 0.05) is 17.0 Å². The van der Waals surface area contributed by atoms with Gasteiger partial charge >= 0.3 is 12.1 Å². The van der Waals surface area contributed by atoms with Gasteiger partial charge in [0.25, 0.3) is 0 Å². The fraction of sp³-hybridized carbons (Fsp3) is 0.286. The van der Waals surface area contributed by atoms with Crippen LogP contribution in [0.15, 0.2) is 48.0 Å². The van der Waals surface area contributed by atoms with Gasteiger partial charge in [0.1, 0.15) is 11.5 Å². The number of rotatable bonds is 5. The maximum Gasteiger partial charge on any atom is 0.433 e. The van der Waals surface area contributed by atoms with Crippen LogP contribution in [0, 0.1) is 0 Å².